The Morgan fingerprint density at radius 1 is 1.06 bits per heavy atom. The maximum atomic E-state index is 14.2. The fraction of sp³-hybridized carbons (Fsp3) is 0.0385. The molecule has 0 atom stereocenters. The van der Waals surface area contributed by atoms with Gasteiger partial charge in [-0.05, 0) is 42.5 Å². The number of carbonyl (C=O) groups excluding carboxylic acids is 2. The van der Waals surface area contributed by atoms with Crippen molar-refractivity contribution >= 4 is 56.8 Å². The summed E-state index contributed by atoms with van der Waals surface area (Å²) >= 11 is 1.17. The van der Waals surface area contributed by atoms with E-state index in [-0.39, 0.29) is 17.5 Å². The predicted molar refractivity (Wildman–Crippen MR) is 138 cm³/mol. The Labute approximate surface area is 209 Å². The van der Waals surface area contributed by atoms with Gasteiger partial charge in [-0.2, -0.15) is 0 Å². The summed E-state index contributed by atoms with van der Waals surface area (Å²) in [5, 5.41) is 4.74. The topological polar surface area (TPSA) is 93.0 Å². The first kappa shape index (κ1) is 23.1. The van der Waals surface area contributed by atoms with Gasteiger partial charge in [-0.3, -0.25) is 19.1 Å². The number of rotatable bonds is 6. The number of amides is 2. The predicted octanol–water partition coefficient (Wildman–Crippen LogP) is 5.35. The number of hydrogen-bond acceptors (Lipinski definition) is 6. The molecule has 3 aromatic heterocycles. The maximum absolute atomic E-state index is 14.2. The summed E-state index contributed by atoms with van der Waals surface area (Å²) in [5.41, 5.74) is 2.91. The van der Waals surface area contributed by atoms with Crippen molar-refractivity contribution in [2.24, 2.45) is 0 Å². The van der Waals surface area contributed by atoms with Crippen LogP contribution in [0.25, 0.3) is 22.9 Å². The van der Waals surface area contributed by atoms with E-state index in [2.05, 4.69) is 20.3 Å². The molecule has 3 heterocycles. The van der Waals surface area contributed by atoms with Gasteiger partial charge in [0.15, 0.2) is 5.13 Å². The van der Waals surface area contributed by atoms with Crippen LogP contribution in [-0.4, -0.2) is 31.3 Å². The average Bonchev–Trinajstić information content (AvgIpc) is 3.52. The number of anilines is 3. The van der Waals surface area contributed by atoms with Crippen molar-refractivity contribution in [3.8, 4) is 5.82 Å². The first-order valence-electron chi connectivity index (χ1n) is 10.9. The smallest absolute Gasteiger partial charge is 0.248 e. The molecule has 0 unspecified atom stereocenters. The van der Waals surface area contributed by atoms with Gasteiger partial charge in [-0.25, -0.2) is 19.3 Å². The molecule has 0 aliphatic heterocycles. The number of benzene rings is 2. The van der Waals surface area contributed by atoms with E-state index in [9.17, 15) is 14.0 Å². The van der Waals surface area contributed by atoms with Gasteiger partial charge < -0.3 is 5.32 Å². The lowest BCUT2D eigenvalue weighted by atomic mass is 10.3. The zero-order chi connectivity index (χ0) is 25.1. The van der Waals surface area contributed by atoms with Crippen LogP contribution in [0.3, 0.4) is 0 Å². The monoisotopic (exact) mass is 498 g/mol. The van der Waals surface area contributed by atoms with Crippen molar-refractivity contribution in [3.05, 3.63) is 96.2 Å². The normalized spacial score (nSPS) is 11.2. The number of aromatic nitrogens is 4. The average molecular weight is 499 g/mol. The number of fused-ring (bicyclic) bond motifs is 1. The van der Waals surface area contributed by atoms with Crippen LogP contribution in [0.4, 0.5) is 20.9 Å². The molecule has 2 amide bonds. The van der Waals surface area contributed by atoms with Crippen molar-refractivity contribution in [2.75, 3.05) is 10.2 Å². The number of imidazole rings is 1. The van der Waals surface area contributed by atoms with Crippen LogP contribution in [0.2, 0.25) is 0 Å². The highest BCUT2D eigenvalue weighted by molar-refractivity contribution is 7.14. The van der Waals surface area contributed by atoms with Gasteiger partial charge in [-0.1, -0.05) is 24.3 Å². The van der Waals surface area contributed by atoms with E-state index in [0.29, 0.717) is 22.3 Å². The Kier molecular flexibility index (Phi) is 6.33. The minimum atomic E-state index is -0.528. The van der Waals surface area contributed by atoms with Crippen LogP contribution in [-0.2, 0) is 9.59 Å². The van der Waals surface area contributed by atoms with E-state index in [1.807, 2.05) is 28.8 Å². The highest BCUT2D eigenvalue weighted by Crippen LogP contribution is 2.31. The van der Waals surface area contributed by atoms with Crippen molar-refractivity contribution in [2.45, 2.75) is 6.92 Å². The summed E-state index contributed by atoms with van der Waals surface area (Å²) < 4.78 is 16.1. The molecule has 0 aliphatic carbocycles. The van der Waals surface area contributed by atoms with Gasteiger partial charge >= 0.3 is 0 Å². The SMILES string of the molecule is CC(=O)N(c1nc(/C=C/C(=O)Nc2ccc(-n3cnc4ccccc43)nc2)cs1)c1ccccc1F. The van der Waals surface area contributed by atoms with Crippen molar-refractivity contribution in [3.63, 3.8) is 0 Å². The van der Waals surface area contributed by atoms with Crippen molar-refractivity contribution < 1.29 is 14.0 Å². The Bertz CT molecular complexity index is 1590. The number of para-hydroxylation sites is 3. The molecule has 5 aromatic rings. The molecule has 8 nitrogen and oxygen atoms in total. The molecule has 0 radical (unpaired) electrons. The van der Waals surface area contributed by atoms with Crippen LogP contribution in [0.15, 0.2) is 84.6 Å². The molecule has 0 fully saturated rings. The fourth-order valence-electron chi connectivity index (χ4n) is 3.59. The molecule has 178 valence electrons. The number of pyridine rings is 1. The maximum Gasteiger partial charge on any atom is 0.248 e. The van der Waals surface area contributed by atoms with E-state index in [0.717, 1.165) is 11.0 Å². The van der Waals surface area contributed by atoms with Crippen LogP contribution in [0, 0.1) is 5.82 Å². The molecule has 0 saturated carbocycles. The van der Waals surface area contributed by atoms with Gasteiger partial charge in [0.25, 0.3) is 0 Å². The van der Waals surface area contributed by atoms with Crippen LogP contribution in [0.1, 0.15) is 12.6 Å². The second-order valence-corrected chi connectivity index (χ2v) is 8.53. The molecular weight excluding hydrogens is 479 g/mol. The van der Waals surface area contributed by atoms with Gasteiger partial charge in [-0.15, -0.1) is 11.3 Å². The van der Waals surface area contributed by atoms with Crippen molar-refractivity contribution in [1.29, 1.82) is 0 Å². The number of carbonyl (C=O) groups is 2. The van der Waals surface area contributed by atoms with Crippen LogP contribution >= 0.6 is 11.3 Å². The van der Waals surface area contributed by atoms with E-state index in [1.54, 1.807) is 42.2 Å². The van der Waals surface area contributed by atoms with Crippen LogP contribution < -0.4 is 10.2 Å². The zero-order valence-corrected chi connectivity index (χ0v) is 19.8. The van der Waals surface area contributed by atoms with Gasteiger partial charge in [0, 0.05) is 18.4 Å². The number of thiazole rings is 1. The Morgan fingerprint density at radius 3 is 2.64 bits per heavy atom. The number of nitrogens with one attached hydrogen (secondary N) is 1. The lowest BCUT2D eigenvalue weighted by Gasteiger charge is -2.18. The summed E-state index contributed by atoms with van der Waals surface area (Å²) in [4.78, 5) is 38.9. The molecule has 36 heavy (non-hydrogen) atoms. The fourth-order valence-corrected chi connectivity index (χ4v) is 4.43. The summed E-state index contributed by atoms with van der Waals surface area (Å²) in [6.45, 7) is 1.34. The summed E-state index contributed by atoms with van der Waals surface area (Å²) in [7, 11) is 0. The number of hydrogen-bond donors (Lipinski definition) is 1. The molecule has 0 spiro atoms. The molecule has 2 aromatic carbocycles. The minimum absolute atomic E-state index is 0.118. The highest BCUT2D eigenvalue weighted by atomic mass is 32.1. The van der Waals surface area contributed by atoms with E-state index in [4.69, 9.17) is 0 Å². The quantitative estimate of drug-likeness (QED) is 0.319. The molecule has 0 bridgehead atoms. The lowest BCUT2D eigenvalue weighted by molar-refractivity contribution is -0.116. The third-order valence-electron chi connectivity index (χ3n) is 5.23. The number of halogens is 1. The summed E-state index contributed by atoms with van der Waals surface area (Å²) in [6, 6.07) is 17.3. The molecule has 0 saturated heterocycles. The van der Waals surface area contributed by atoms with Gasteiger partial charge in [0.05, 0.1) is 34.3 Å². The third-order valence-corrected chi connectivity index (χ3v) is 6.07. The van der Waals surface area contributed by atoms with Crippen molar-refractivity contribution in [1.82, 2.24) is 19.5 Å². The van der Waals surface area contributed by atoms with E-state index < -0.39 is 5.82 Å². The largest absolute Gasteiger partial charge is 0.321 e. The molecule has 10 heteroatoms. The van der Waals surface area contributed by atoms with E-state index in [1.165, 1.54) is 47.4 Å². The van der Waals surface area contributed by atoms with Gasteiger partial charge in [0.2, 0.25) is 11.8 Å². The first-order chi connectivity index (χ1) is 17.5. The summed E-state index contributed by atoms with van der Waals surface area (Å²) in [5.74, 6) is -0.593. The lowest BCUT2D eigenvalue weighted by Crippen LogP contribution is -2.23. The van der Waals surface area contributed by atoms with Gasteiger partial charge in [0.1, 0.15) is 18.0 Å². The molecule has 5 rings (SSSR count). The molecule has 0 aliphatic rings. The third kappa shape index (κ3) is 4.75. The standard InChI is InChI=1S/C26H19FN6O2S/c1-17(34)33(22-8-4-2-6-20(22)27)26-31-19(15-36-26)11-13-25(35)30-18-10-12-24(28-14-18)32-16-29-21-7-3-5-9-23(21)32/h2-16H,1H3,(H,30,35)/b13-11+. The molecular formula is C26H19FN6O2S. The molecule has 1 N–H and O–H groups in total. The zero-order valence-electron chi connectivity index (χ0n) is 19.0. The Morgan fingerprint density at radius 2 is 1.86 bits per heavy atom. The Hall–Kier alpha value is -4.70. The highest BCUT2D eigenvalue weighted by Gasteiger charge is 2.20. The second-order valence-electron chi connectivity index (χ2n) is 7.69. The second kappa shape index (κ2) is 9.88. The summed E-state index contributed by atoms with van der Waals surface area (Å²) in [6.07, 6.45) is 6.12. The minimum Gasteiger partial charge on any atom is -0.321 e. The van der Waals surface area contributed by atoms with Crippen LogP contribution in [0.5, 0.6) is 0 Å². The number of nitrogens with zero attached hydrogens (tertiary/aromatic N) is 5. The van der Waals surface area contributed by atoms with E-state index >= 15 is 0 Å². The Balaban J connectivity index is 1.26. The first-order valence-corrected chi connectivity index (χ1v) is 11.8.